The number of benzene rings is 2. The van der Waals surface area contributed by atoms with Gasteiger partial charge in [0.2, 0.25) is 5.91 Å². The standard InChI is InChI=1S/C25H30N2O3/c1-2-30-15-5-12-26-24(28)18-10-13-27(14-11-18)25(29)20-8-9-23-21(17-20)16-19-6-3-4-7-22(19)23/h3-4,6-9,17-18H,2,5,10-16H2,1H3,(H,26,28). The van der Waals surface area contributed by atoms with E-state index >= 15 is 0 Å². The van der Waals surface area contributed by atoms with Gasteiger partial charge in [-0.05, 0) is 67.0 Å². The van der Waals surface area contributed by atoms with Gasteiger partial charge in [-0.15, -0.1) is 0 Å². The lowest BCUT2D eigenvalue weighted by molar-refractivity contribution is -0.126. The van der Waals surface area contributed by atoms with Crippen LogP contribution in [-0.2, 0) is 16.0 Å². The molecule has 1 heterocycles. The van der Waals surface area contributed by atoms with Gasteiger partial charge in [0.15, 0.2) is 0 Å². The summed E-state index contributed by atoms with van der Waals surface area (Å²) in [5.41, 5.74) is 5.82. The minimum Gasteiger partial charge on any atom is -0.382 e. The van der Waals surface area contributed by atoms with Gasteiger partial charge in [-0.1, -0.05) is 30.3 Å². The van der Waals surface area contributed by atoms with E-state index in [1.165, 1.54) is 22.3 Å². The third-order valence-corrected chi connectivity index (χ3v) is 6.16. The molecule has 2 amide bonds. The van der Waals surface area contributed by atoms with E-state index in [0.717, 1.165) is 31.2 Å². The number of hydrogen-bond acceptors (Lipinski definition) is 3. The molecule has 0 bridgehead atoms. The number of nitrogens with one attached hydrogen (secondary N) is 1. The molecule has 2 aromatic rings. The molecule has 1 fully saturated rings. The lowest BCUT2D eigenvalue weighted by Gasteiger charge is -2.31. The summed E-state index contributed by atoms with van der Waals surface area (Å²) in [5, 5.41) is 3.00. The van der Waals surface area contributed by atoms with Gasteiger partial charge < -0.3 is 15.0 Å². The van der Waals surface area contributed by atoms with Crippen molar-refractivity contribution < 1.29 is 14.3 Å². The van der Waals surface area contributed by atoms with E-state index in [0.29, 0.717) is 32.8 Å². The van der Waals surface area contributed by atoms with E-state index in [4.69, 9.17) is 4.74 Å². The summed E-state index contributed by atoms with van der Waals surface area (Å²) in [6.45, 7) is 5.26. The Balaban J connectivity index is 1.30. The zero-order chi connectivity index (χ0) is 20.9. The molecule has 2 aromatic carbocycles. The second-order valence-electron chi connectivity index (χ2n) is 8.11. The number of amides is 2. The number of likely N-dealkylation sites (tertiary alicyclic amines) is 1. The van der Waals surface area contributed by atoms with E-state index in [1.807, 2.05) is 17.9 Å². The van der Waals surface area contributed by atoms with Crippen LogP contribution in [0.1, 0.15) is 47.7 Å². The summed E-state index contributed by atoms with van der Waals surface area (Å²) in [6, 6.07) is 14.5. The number of hydrogen-bond donors (Lipinski definition) is 1. The Morgan fingerprint density at radius 1 is 1.07 bits per heavy atom. The third-order valence-electron chi connectivity index (χ3n) is 6.16. The fraction of sp³-hybridized carbons (Fsp3) is 0.440. The molecule has 30 heavy (non-hydrogen) atoms. The topological polar surface area (TPSA) is 58.6 Å². The van der Waals surface area contributed by atoms with Crippen molar-refractivity contribution in [1.29, 1.82) is 0 Å². The number of nitrogens with zero attached hydrogens (tertiary/aromatic N) is 1. The molecule has 0 aromatic heterocycles. The lowest BCUT2D eigenvalue weighted by Crippen LogP contribution is -2.43. The van der Waals surface area contributed by atoms with Crippen molar-refractivity contribution in [2.24, 2.45) is 5.92 Å². The summed E-state index contributed by atoms with van der Waals surface area (Å²) in [5.74, 6) is 0.175. The van der Waals surface area contributed by atoms with Crippen LogP contribution >= 0.6 is 0 Å². The molecule has 5 heteroatoms. The first-order valence-electron chi connectivity index (χ1n) is 11.0. The molecular formula is C25H30N2O3. The molecule has 1 aliphatic heterocycles. The second kappa shape index (κ2) is 9.43. The first-order valence-corrected chi connectivity index (χ1v) is 11.0. The molecular weight excluding hydrogens is 376 g/mol. The van der Waals surface area contributed by atoms with Crippen molar-refractivity contribution in [2.75, 3.05) is 32.8 Å². The minimum atomic E-state index is -0.00402. The van der Waals surface area contributed by atoms with Gasteiger partial charge in [-0.25, -0.2) is 0 Å². The summed E-state index contributed by atoms with van der Waals surface area (Å²) in [6.07, 6.45) is 3.16. The Labute approximate surface area is 178 Å². The van der Waals surface area contributed by atoms with Crippen LogP contribution in [0.5, 0.6) is 0 Å². The third kappa shape index (κ3) is 4.41. The van der Waals surface area contributed by atoms with Crippen LogP contribution in [-0.4, -0.2) is 49.6 Å². The van der Waals surface area contributed by atoms with E-state index in [1.54, 1.807) is 0 Å². The molecule has 158 valence electrons. The van der Waals surface area contributed by atoms with Crippen LogP contribution in [0.15, 0.2) is 42.5 Å². The fourth-order valence-corrected chi connectivity index (χ4v) is 4.48. The minimum absolute atomic E-state index is 0.00402. The van der Waals surface area contributed by atoms with Crippen LogP contribution in [0.2, 0.25) is 0 Å². The molecule has 1 N–H and O–H groups in total. The van der Waals surface area contributed by atoms with Gasteiger partial charge in [-0.2, -0.15) is 0 Å². The summed E-state index contributed by atoms with van der Waals surface area (Å²) in [7, 11) is 0. The SMILES string of the molecule is CCOCCCNC(=O)C1CCN(C(=O)c2ccc3c(c2)Cc2ccccc2-3)CC1. The van der Waals surface area contributed by atoms with Crippen molar-refractivity contribution in [3.05, 3.63) is 59.2 Å². The van der Waals surface area contributed by atoms with Crippen LogP contribution in [0.3, 0.4) is 0 Å². The molecule has 2 aliphatic rings. The van der Waals surface area contributed by atoms with E-state index in [-0.39, 0.29) is 17.7 Å². The van der Waals surface area contributed by atoms with Crippen LogP contribution in [0, 0.1) is 5.92 Å². The zero-order valence-electron chi connectivity index (χ0n) is 17.7. The summed E-state index contributed by atoms with van der Waals surface area (Å²) < 4.78 is 5.29. The molecule has 0 atom stereocenters. The Bertz CT molecular complexity index is 916. The molecule has 4 rings (SSSR count). The van der Waals surface area contributed by atoms with Crippen molar-refractivity contribution >= 4 is 11.8 Å². The molecule has 0 saturated carbocycles. The maximum atomic E-state index is 13.0. The highest BCUT2D eigenvalue weighted by atomic mass is 16.5. The Hall–Kier alpha value is -2.66. The maximum Gasteiger partial charge on any atom is 0.253 e. The molecule has 5 nitrogen and oxygen atoms in total. The molecule has 0 radical (unpaired) electrons. The van der Waals surface area contributed by atoms with Crippen molar-refractivity contribution in [1.82, 2.24) is 10.2 Å². The number of carbonyl (C=O) groups excluding carboxylic acids is 2. The van der Waals surface area contributed by atoms with Gasteiger partial charge in [0, 0.05) is 44.3 Å². The Morgan fingerprint density at radius 3 is 2.63 bits per heavy atom. The van der Waals surface area contributed by atoms with Gasteiger partial charge in [0.25, 0.3) is 5.91 Å². The van der Waals surface area contributed by atoms with E-state index < -0.39 is 0 Å². The van der Waals surface area contributed by atoms with Gasteiger partial charge in [-0.3, -0.25) is 9.59 Å². The van der Waals surface area contributed by atoms with E-state index in [2.05, 4.69) is 41.7 Å². The highest BCUT2D eigenvalue weighted by Gasteiger charge is 2.28. The second-order valence-corrected chi connectivity index (χ2v) is 8.11. The van der Waals surface area contributed by atoms with Crippen molar-refractivity contribution in [2.45, 2.75) is 32.6 Å². The van der Waals surface area contributed by atoms with Gasteiger partial charge in [0.05, 0.1) is 0 Å². The largest absolute Gasteiger partial charge is 0.382 e. The number of ether oxygens (including phenoxy) is 1. The number of carbonyl (C=O) groups is 2. The van der Waals surface area contributed by atoms with Crippen molar-refractivity contribution in [3.63, 3.8) is 0 Å². The molecule has 0 unspecified atom stereocenters. The lowest BCUT2D eigenvalue weighted by atomic mass is 9.95. The van der Waals surface area contributed by atoms with E-state index in [9.17, 15) is 9.59 Å². The maximum absolute atomic E-state index is 13.0. The predicted octanol–water partition coefficient (Wildman–Crippen LogP) is 3.65. The summed E-state index contributed by atoms with van der Waals surface area (Å²) >= 11 is 0. The predicted molar refractivity (Wildman–Crippen MR) is 117 cm³/mol. The monoisotopic (exact) mass is 406 g/mol. The quantitative estimate of drug-likeness (QED) is 0.610. The average Bonchev–Trinajstić information content (AvgIpc) is 3.16. The number of fused-ring (bicyclic) bond motifs is 3. The van der Waals surface area contributed by atoms with Gasteiger partial charge >= 0.3 is 0 Å². The first-order chi connectivity index (χ1) is 14.7. The molecule has 0 spiro atoms. The zero-order valence-corrected chi connectivity index (χ0v) is 17.7. The first kappa shape index (κ1) is 20.6. The van der Waals surface area contributed by atoms with Crippen LogP contribution in [0.25, 0.3) is 11.1 Å². The van der Waals surface area contributed by atoms with Crippen molar-refractivity contribution in [3.8, 4) is 11.1 Å². The average molecular weight is 407 g/mol. The Morgan fingerprint density at radius 2 is 1.83 bits per heavy atom. The molecule has 1 saturated heterocycles. The normalized spacial score (nSPS) is 15.6. The highest BCUT2D eigenvalue weighted by Crippen LogP contribution is 2.37. The highest BCUT2D eigenvalue weighted by molar-refractivity contribution is 5.96. The molecule has 1 aliphatic carbocycles. The number of piperidine rings is 1. The Kier molecular flexibility index (Phi) is 6.48. The fourth-order valence-electron chi connectivity index (χ4n) is 4.48. The number of rotatable bonds is 7. The van der Waals surface area contributed by atoms with Gasteiger partial charge in [0.1, 0.15) is 0 Å². The van der Waals surface area contributed by atoms with Crippen LogP contribution in [0.4, 0.5) is 0 Å². The smallest absolute Gasteiger partial charge is 0.253 e. The summed E-state index contributed by atoms with van der Waals surface area (Å²) in [4.78, 5) is 27.3. The van der Waals surface area contributed by atoms with Crippen LogP contribution < -0.4 is 5.32 Å².